The molecule has 1 aromatic carbocycles. The first kappa shape index (κ1) is 14.9. The van der Waals surface area contributed by atoms with Gasteiger partial charge in [0.05, 0.1) is 0 Å². The van der Waals surface area contributed by atoms with Gasteiger partial charge in [0.15, 0.2) is 0 Å². The molecule has 0 saturated carbocycles. The zero-order chi connectivity index (χ0) is 14.8. The van der Waals surface area contributed by atoms with Crippen LogP contribution in [-0.2, 0) is 13.0 Å². The number of fused-ring (bicyclic) bond motifs is 1. The van der Waals surface area contributed by atoms with Crippen LogP contribution in [0.3, 0.4) is 0 Å². The summed E-state index contributed by atoms with van der Waals surface area (Å²) in [4.78, 5) is 2.69. The van der Waals surface area contributed by atoms with E-state index in [4.69, 9.17) is 0 Å². The molecule has 1 saturated heterocycles. The summed E-state index contributed by atoms with van der Waals surface area (Å²) >= 11 is 0. The highest BCUT2D eigenvalue weighted by atomic mass is 15.2. The number of likely N-dealkylation sites (N-methyl/N-ethyl adjacent to an activating group) is 1. The predicted octanol–water partition coefficient (Wildman–Crippen LogP) is 2.55. The second kappa shape index (κ2) is 6.37. The number of hydrogen-bond acceptors (Lipinski definition) is 3. The van der Waals surface area contributed by atoms with Crippen molar-refractivity contribution < 1.29 is 0 Å². The highest BCUT2D eigenvalue weighted by Crippen LogP contribution is 2.35. The fraction of sp³-hybridized carbons (Fsp3) is 0.667. The molecule has 2 aliphatic rings. The summed E-state index contributed by atoms with van der Waals surface area (Å²) in [7, 11) is 2.04. The number of hydrogen-bond donors (Lipinski definition) is 2. The van der Waals surface area contributed by atoms with Gasteiger partial charge in [0.2, 0.25) is 0 Å². The van der Waals surface area contributed by atoms with Crippen molar-refractivity contribution >= 4 is 5.69 Å². The van der Waals surface area contributed by atoms with Gasteiger partial charge in [-0.3, -0.25) is 0 Å². The minimum Gasteiger partial charge on any atom is -0.368 e. The normalized spacial score (nSPS) is 28.7. The third-order valence-corrected chi connectivity index (χ3v) is 5.13. The number of benzene rings is 1. The monoisotopic (exact) mass is 287 g/mol. The summed E-state index contributed by atoms with van der Waals surface area (Å²) in [6.45, 7) is 8.00. The van der Waals surface area contributed by atoms with Gasteiger partial charge in [0.1, 0.15) is 0 Å². The molecule has 21 heavy (non-hydrogen) atoms. The van der Waals surface area contributed by atoms with Crippen LogP contribution in [0, 0.1) is 5.92 Å². The first-order valence-electron chi connectivity index (χ1n) is 8.48. The van der Waals surface area contributed by atoms with Crippen molar-refractivity contribution in [1.29, 1.82) is 0 Å². The van der Waals surface area contributed by atoms with E-state index in [9.17, 15) is 0 Å². The van der Waals surface area contributed by atoms with E-state index in [0.717, 1.165) is 31.5 Å². The summed E-state index contributed by atoms with van der Waals surface area (Å²) in [5.74, 6) is 0.820. The maximum Gasteiger partial charge on any atom is 0.0405 e. The number of anilines is 1. The van der Waals surface area contributed by atoms with Gasteiger partial charge in [0.25, 0.3) is 0 Å². The van der Waals surface area contributed by atoms with Crippen LogP contribution >= 0.6 is 0 Å². The Hall–Kier alpha value is -1.06. The van der Waals surface area contributed by atoms with Crippen LogP contribution in [0.1, 0.15) is 37.8 Å². The molecule has 3 unspecified atom stereocenters. The molecule has 0 radical (unpaired) electrons. The van der Waals surface area contributed by atoms with Crippen LogP contribution in [0.4, 0.5) is 5.69 Å². The largest absolute Gasteiger partial charge is 0.368 e. The van der Waals surface area contributed by atoms with Crippen molar-refractivity contribution in [1.82, 2.24) is 10.6 Å². The Morgan fingerprint density at radius 2 is 2.24 bits per heavy atom. The zero-order valence-corrected chi connectivity index (χ0v) is 13.7. The Morgan fingerprint density at radius 3 is 3.00 bits per heavy atom. The Balaban J connectivity index is 1.90. The number of rotatable bonds is 4. The molecule has 0 bridgehead atoms. The van der Waals surface area contributed by atoms with Crippen molar-refractivity contribution in [2.24, 2.45) is 5.92 Å². The topological polar surface area (TPSA) is 27.3 Å². The van der Waals surface area contributed by atoms with E-state index in [-0.39, 0.29) is 0 Å². The molecule has 3 nitrogen and oxygen atoms in total. The number of nitrogens with one attached hydrogen (secondary N) is 2. The SMILES string of the molecule is CCC1CC(C)CN1c1cccc2c1CC(CNC)NC2. The molecule has 116 valence electrons. The Kier molecular flexibility index (Phi) is 4.51. The molecule has 2 N–H and O–H groups in total. The van der Waals surface area contributed by atoms with Crippen LogP contribution in [-0.4, -0.2) is 32.2 Å². The molecule has 0 amide bonds. The lowest BCUT2D eigenvalue weighted by atomic mass is 9.93. The Morgan fingerprint density at radius 1 is 1.38 bits per heavy atom. The molecule has 1 fully saturated rings. The first-order chi connectivity index (χ1) is 10.2. The minimum atomic E-state index is 0.559. The average Bonchev–Trinajstić information content (AvgIpc) is 2.88. The van der Waals surface area contributed by atoms with Gasteiger partial charge in [-0.2, -0.15) is 0 Å². The van der Waals surface area contributed by atoms with Crippen LogP contribution in [0.2, 0.25) is 0 Å². The van der Waals surface area contributed by atoms with Gasteiger partial charge in [-0.05, 0) is 49.4 Å². The summed E-state index contributed by atoms with van der Waals surface area (Å²) in [6, 6.07) is 8.17. The lowest BCUT2D eigenvalue weighted by Gasteiger charge is -2.33. The van der Waals surface area contributed by atoms with Gasteiger partial charge in [-0.25, -0.2) is 0 Å². The van der Waals surface area contributed by atoms with E-state index in [1.807, 2.05) is 7.05 Å². The van der Waals surface area contributed by atoms with Crippen LogP contribution < -0.4 is 15.5 Å². The van der Waals surface area contributed by atoms with Gasteiger partial charge in [-0.1, -0.05) is 26.0 Å². The molecule has 2 heterocycles. The average molecular weight is 287 g/mol. The van der Waals surface area contributed by atoms with Gasteiger partial charge in [-0.15, -0.1) is 0 Å². The zero-order valence-electron chi connectivity index (χ0n) is 13.7. The maximum atomic E-state index is 3.65. The summed E-state index contributed by atoms with van der Waals surface area (Å²) in [6.07, 6.45) is 3.75. The third-order valence-electron chi connectivity index (χ3n) is 5.13. The molecule has 3 atom stereocenters. The second-order valence-corrected chi connectivity index (χ2v) is 6.81. The molecular formula is C18H29N3. The van der Waals surface area contributed by atoms with Gasteiger partial charge in [0, 0.05) is 37.4 Å². The number of nitrogens with zero attached hydrogens (tertiary/aromatic N) is 1. The van der Waals surface area contributed by atoms with Gasteiger partial charge >= 0.3 is 0 Å². The Labute approximate surface area is 129 Å². The summed E-state index contributed by atoms with van der Waals surface area (Å²) < 4.78 is 0. The van der Waals surface area contributed by atoms with E-state index in [1.165, 1.54) is 30.6 Å². The molecule has 0 spiro atoms. The fourth-order valence-electron chi connectivity index (χ4n) is 4.09. The van der Waals surface area contributed by atoms with Crippen LogP contribution in [0.25, 0.3) is 0 Å². The van der Waals surface area contributed by atoms with E-state index in [0.29, 0.717) is 6.04 Å². The highest BCUT2D eigenvalue weighted by Gasteiger charge is 2.31. The molecule has 0 aromatic heterocycles. The summed E-state index contributed by atoms with van der Waals surface area (Å²) in [5.41, 5.74) is 4.59. The first-order valence-corrected chi connectivity index (χ1v) is 8.48. The van der Waals surface area contributed by atoms with E-state index >= 15 is 0 Å². The van der Waals surface area contributed by atoms with Crippen molar-refractivity contribution in [2.75, 3.05) is 25.0 Å². The smallest absolute Gasteiger partial charge is 0.0405 e. The minimum absolute atomic E-state index is 0.559. The Bertz CT molecular complexity index is 485. The van der Waals surface area contributed by atoms with Gasteiger partial charge < -0.3 is 15.5 Å². The fourth-order valence-corrected chi connectivity index (χ4v) is 4.09. The second-order valence-electron chi connectivity index (χ2n) is 6.81. The third kappa shape index (κ3) is 2.95. The lowest BCUT2D eigenvalue weighted by Crippen LogP contribution is -2.43. The molecule has 0 aliphatic carbocycles. The highest BCUT2D eigenvalue weighted by molar-refractivity contribution is 5.59. The van der Waals surface area contributed by atoms with Crippen molar-refractivity contribution in [3.63, 3.8) is 0 Å². The van der Waals surface area contributed by atoms with Crippen molar-refractivity contribution in [3.8, 4) is 0 Å². The lowest BCUT2D eigenvalue weighted by molar-refractivity contribution is 0.461. The maximum absolute atomic E-state index is 3.65. The molecule has 1 aromatic rings. The van der Waals surface area contributed by atoms with E-state index in [2.05, 4.69) is 47.6 Å². The molecule has 3 rings (SSSR count). The summed E-state index contributed by atoms with van der Waals surface area (Å²) in [5, 5.41) is 6.96. The van der Waals surface area contributed by atoms with Crippen LogP contribution in [0.15, 0.2) is 18.2 Å². The van der Waals surface area contributed by atoms with E-state index < -0.39 is 0 Å². The van der Waals surface area contributed by atoms with Crippen molar-refractivity contribution in [3.05, 3.63) is 29.3 Å². The standard InChI is InChI=1S/C18H29N3/c1-4-16-8-13(2)12-21(16)18-7-5-6-14-10-20-15(11-19-3)9-17(14)18/h5-7,13,15-16,19-20H,4,8-12H2,1-3H3. The molecular weight excluding hydrogens is 258 g/mol. The molecule has 2 aliphatic heterocycles. The predicted molar refractivity (Wildman–Crippen MR) is 89.9 cm³/mol. The van der Waals surface area contributed by atoms with Crippen LogP contribution in [0.5, 0.6) is 0 Å². The van der Waals surface area contributed by atoms with Crippen molar-refractivity contribution in [2.45, 2.75) is 51.7 Å². The van der Waals surface area contributed by atoms with E-state index in [1.54, 1.807) is 5.56 Å². The quantitative estimate of drug-likeness (QED) is 0.891. The molecule has 3 heteroatoms.